The number of hydrogen-bond donors (Lipinski definition) is 0. The maximum atomic E-state index is 14.5. The van der Waals surface area contributed by atoms with Crippen molar-refractivity contribution in [2.45, 2.75) is 97.2 Å². The van der Waals surface area contributed by atoms with E-state index in [-0.39, 0.29) is 19.3 Å². The van der Waals surface area contributed by atoms with Crippen LogP contribution in [0.25, 0.3) is 0 Å². The van der Waals surface area contributed by atoms with Crippen LogP contribution in [-0.2, 0) is 62.2 Å². The summed E-state index contributed by atoms with van der Waals surface area (Å²) in [4.78, 5) is 89.9. The number of nitrogens with zero attached hydrogens (tertiary/aromatic N) is 3. The van der Waals surface area contributed by atoms with Crippen LogP contribution in [0.4, 0.5) is 0 Å². The molecule has 6 atom stereocenters. The molecule has 0 N–H and O–H groups in total. The van der Waals surface area contributed by atoms with Gasteiger partial charge < -0.3 is 28.9 Å². The second kappa shape index (κ2) is 20.1. The Morgan fingerprint density at radius 1 is 0.404 bits per heavy atom. The van der Waals surface area contributed by atoms with E-state index in [2.05, 4.69) is 0 Å². The highest BCUT2D eigenvalue weighted by atomic mass is 16.6. The number of amides is 3. The molecule has 1 aliphatic heterocycles. The largest absolute Gasteiger partial charge is 0.450 e. The fourth-order valence-corrected chi connectivity index (χ4v) is 7.38. The Balaban J connectivity index is 1.88. The summed E-state index contributed by atoms with van der Waals surface area (Å²) >= 11 is 0. The van der Waals surface area contributed by atoms with Crippen molar-refractivity contribution >= 4 is 35.6 Å². The van der Waals surface area contributed by atoms with Gasteiger partial charge in [0, 0.05) is 40.4 Å². The van der Waals surface area contributed by atoms with E-state index in [9.17, 15) is 28.8 Å². The summed E-state index contributed by atoms with van der Waals surface area (Å²) in [5.74, 6) is -6.02. The van der Waals surface area contributed by atoms with Crippen molar-refractivity contribution in [3.05, 3.63) is 108 Å². The second-order valence-electron chi connectivity index (χ2n) is 15.8. The first-order valence-corrected chi connectivity index (χ1v) is 19.5. The van der Waals surface area contributed by atoms with Gasteiger partial charge in [-0.1, -0.05) is 133 Å². The van der Waals surface area contributed by atoms with Gasteiger partial charge in [-0.2, -0.15) is 0 Å². The summed E-state index contributed by atoms with van der Waals surface area (Å²) in [6.07, 6.45) is -4.28. The van der Waals surface area contributed by atoms with Crippen LogP contribution in [0, 0.1) is 17.8 Å². The monoisotopic (exact) mass is 783 g/mol. The van der Waals surface area contributed by atoms with Gasteiger partial charge in [-0.25, -0.2) is 14.4 Å². The maximum Gasteiger partial charge on any atom is 0.329 e. The van der Waals surface area contributed by atoms with Crippen LogP contribution in [0.5, 0.6) is 0 Å². The molecule has 3 aromatic rings. The highest BCUT2D eigenvalue weighted by Gasteiger charge is 2.44. The standard InChI is InChI=1S/C45H57N3O9/c1-28(2)37-43(52)55-35(26-32-21-15-11-16-22-32)41(50)47(8)39(30(5)6)45(54)57-36(27-33-23-17-12-18-24-33)42(51)48(9)38(29(3)4)44(53)56-34(40(49)46(37)7)25-31-19-13-10-14-20-31/h10-24,28-30,34-39H,25-27H2,1-9H3/t34-,35-,36-,37+,38+,39+/m1/s1. The quantitative estimate of drug-likeness (QED) is 0.219. The minimum absolute atomic E-state index is 0.0250. The minimum Gasteiger partial charge on any atom is -0.450 e. The summed E-state index contributed by atoms with van der Waals surface area (Å²) in [6, 6.07) is 23.4. The molecule has 1 aliphatic rings. The molecule has 12 heteroatoms. The third-order valence-electron chi connectivity index (χ3n) is 10.3. The average Bonchev–Trinajstić information content (AvgIpc) is 3.16. The van der Waals surface area contributed by atoms with E-state index < -0.39 is 89.8 Å². The first-order valence-electron chi connectivity index (χ1n) is 19.5. The average molecular weight is 784 g/mol. The van der Waals surface area contributed by atoms with Crippen LogP contribution in [0.15, 0.2) is 91.0 Å². The third-order valence-corrected chi connectivity index (χ3v) is 10.3. The van der Waals surface area contributed by atoms with Crippen LogP contribution in [0.3, 0.4) is 0 Å². The van der Waals surface area contributed by atoms with Gasteiger partial charge in [0.1, 0.15) is 18.1 Å². The van der Waals surface area contributed by atoms with Gasteiger partial charge in [-0.15, -0.1) is 0 Å². The topological polar surface area (TPSA) is 140 Å². The molecule has 1 fully saturated rings. The van der Waals surface area contributed by atoms with Crippen molar-refractivity contribution in [1.29, 1.82) is 0 Å². The van der Waals surface area contributed by atoms with E-state index in [1.807, 2.05) is 18.2 Å². The number of cyclic esters (lactones) is 3. The fraction of sp³-hybridized carbons (Fsp3) is 0.467. The van der Waals surface area contributed by atoms with Gasteiger partial charge in [0.2, 0.25) is 0 Å². The molecule has 3 amide bonds. The zero-order valence-corrected chi connectivity index (χ0v) is 34.5. The Hall–Kier alpha value is -5.52. The number of hydrogen-bond acceptors (Lipinski definition) is 9. The van der Waals surface area contributed by atoms with E-state index in [1.165, 1.54) is 35.8 Å². The Morgan fingerprint density at radius 2 is 0.614 bits per heavy atom. The van der Waals surface area contributed by atoms with E-state index in [1.54, 1.807) is 114 Å². The number of likely N-dealkylation sites (N-methyl/N-ethyl adjacent to an activating group) is 3. The molecule has 0 aliphatic carbocycles. The summed E-state index contributed by atoms with van der Waals surface area (Å²) in [7, 11) is 4.31. The lowest BCUT2D eigenvalue weighted by Gasteiger charge is -2.37. The van der Waals surface area contributed by atoms with Gasteiger partial charge >= 0.3 is 17.9 Å². The Bertz CT molecular complexity index is 1620. The number of esters is 3. The predicted molar refractivity (Wildman–Crippen MR) is 214 cm³/mol. The molecule has 0 spiro atoms. The SMILES string of the molecule is CC(C)[C@H]1C(=O)O[C@H](Cc2ccccc2)C(=O)N(C)[C@@H](C(C)C)C(=O)O[C@H](Cc2ccccc2)C(=O)N(C)[C@@H](C(C)C)C(=O)O[C@H](Cc2ccccc2)C(=O)N1C. The van der Waals surface area contributed by atoms with Crippen molar-refractivity contribution in [3.8, 4) is 0 Å². The lowest BCUT2D eigenvalue weighted by molar-refractivity contribution is -0.178. The smallest absolute Gasteiger partial charge is 0.329 e. The van der Waals surface area contributed by atoms with Gasteiger partial charge in [0.25, 0.3) is 17.7 Å². The van der Waals surface area contributed by atoms with Gasteiger partial charge in [-0.05, 0) is 34.4 Å². The molecule has 0 aromatic heterocycles. The third kappa shape index (κ3) is 11.3. The zero-order valence-electron chi connectivity index (χ0n) is 34.5. The van der Waals surface area contributed by atoms with E-state index >= 15 is 0 Å². The van der Waals surface area contributed by atoms with Crippen LogP contribution < -0.4 is 0 Å². The first-order chi connectivity index (χ1) is 27.0. The molecule has 0 unspecified atom stereocenters. The number of benzene rings is 3. The van der Waals surface area contributed by atoms with Gasteiger partial charge in [0.15, 0.2) is 18.3 Å². The molecule has 3 aromatic carbocycles. The van der Waals surface area contributed by atoms with Crippen LogP contribution in [0.2, 0.25) is 0 Å². The maximum absolute atomic E-state index is 14.5. The summed E-state index contributed by atoms with van der Waals surface area (Å²) < 4.78 is 18.1. The molecule has 0 saturated carbocycles. The lowest BCUT2D eigenvalue weighted by atomic mass is 9.98. The minimum atomic E-state index is -1.40. The Morgan fingerprint density at radius 3 is 0.807 bits per heavy atom. The number of ether oxygens (including phenoxy) is 3. The van der Waals surface area contributed by atoms with Crippen molar-refractivity contribution in [2.75, 3.05) is 21.1 Å². The molecule has 0 bridgehead atoms. The normalized spacial score (nSPS) is 23.7. The number of carbonyl (C=O) groups is 6. The van der Waals surface area contributed by atoms with Crippen LogP contribution in [0.1, 0.15) is 58.2 Å². The van der Waals surface area contributed by atoms with Crippen molar-refractivity contribution in [2.24, 2.45) is 17.8 Å². The van der Waals surface area contributed by atoms with Gasteiger partial charge in [-0.3, -0.25) is 14.4 Å². The predicted octanol–water partition coefficient (Wildman–Crippen LogP) is 4.91. The molecular formula is C45H57N3O9. The first kappa shape index (κ1) is 44.2. The van der Waals surface area contributed by atoms with E-state index in [0.29, 0.717) is 16.7 Å². The molecule has 57 heavy (non-hydrogen) atoms. The summed E-state index contributed by atoms with van der Waals surface area (Å²) in [6.45, 7) is 10.5. The molecule has 0 radical (unpaired) electrons. The van der Waals surface area contributed by atoms with Crippen molar-refractivity contribution in [1.82, 2.24) is 14.7 Å². The van der Waals surface area contributed by atoms with Gasteiger partial charge in [0.05, 0.1) is 0 Å². The van der Waals surface area contributed by atoms with Crippen molar-refractivity contribution < 1.29 is 43.0 Å². The summed E-state index contributed by atoms with van der Waals surface area (Å²) in [5.41, 5.74) is 2.08. The fourth-order valence-electron chi connectivity index (χ4n) is 7.38. The zero-order chi connectivity index (χ0) is 42.0. The molecule has 1 saturated heterocycles. The molecule has 1 heterocycles. The molecule has 4 rings (SSSR count). The summed E-state index contributed by atoms with van der Waals surface area (Å²) in [5, 5.41) is 0. The Labute approximate surface area is 336 Å². The second-order valence-corrected chi connectivity index (χ2v) is 15.8. The molecule has 306 valence electrons. The van der Waals surface area contributed by atoms with E-state index in [4.69, 9.17) is 14.2 Å². The van der Waals surface area contributed by atoms with Crippen molar-refractivity contribution in [3.63, 3.8) is 0 Å². The number of carbonyl (C=O) groups excluding carboxylic acids is 6. The van der Waals surface area contributed by atoms with E-state index in [0.717, 1.165) is 0 Å². The molecular weight excluding hydrogens is 727 g/mol. The van der Waals surface area contributed by atoms with Crippen LogP contribution in [-0.4, -0.2) is 108 Å². The lowest BCUT2D eigenvalue weighted by Crippen LogP contribution is -2.57. The van der Waals surface area contributed by atoms with Crippen LogP contribution >= 0.6 is 0 Å². The highest BCUT2D eigenvalue weighted by Crippen LogP contribution is 2.24. The number of rotatable bonds is 9. The molecule has 12 nitrogen and oxygen atoms in total. The highest BCUT2D eigenvalue weighted by molar-refractivity contribution is 5.94. The Kier molecular flexibility index (Phi) is 15.6.